The van der Waals surface area contributed by atoms with Crippen molar-refractivity contribution in [3.05, 3.63) is 47.5 Å². The fraction of sp³-hybridized carbons (Fsp3) is 0.654. The van der Waals surface area contributed by atoms with E-state index in [2.05, 4.69) is 12.2 Å². The second-order valence-corrected chi connectivity index (χ2v) is 9.13. The third kappa shape index (κ3) is 7.24. The van der Waals surface area contributed by atoms with Crippen LogP contribution in [0, 0.1) is 11.8 Å². The van der Waals surface area contributed by atoms with Gasteiger partial charge in [0.05, 0.1) is 19.1 Å². The highest BCUT2D eigenvalue weighted by atomic mass is 16.5. The molecule has 0 aromatic rings. The second kappa shape index (κ2) is 12.9. The van der Waals surface area contributed by atoms with Crippen molar-refractivity contribution in [2.45, 2.75) is 82.8 Å². The zero-order chi connectivity index (χ0) is 22.8. The van der Waals surface area contributed by atoms with E-state index in [4.69, 9.17) is 20.3 Å². The Morgan fingerprint density at radius 2 is 1.97 bits per heavy atom. The predicted octanol–water partition coefficient (Wildman–Crippen LogP) is 4.61. The van der Waals surface area contributed by atoms with E-state index in [0.717, 1.165) is 62.8 Å². The largest absolute Gasteiger partial charge is 0.493 e. The number of hydrogen-bond acceptors (Lipinski definition) is 5. The molecule has 3 aliphatic rings. The smallest absolute Gasteiger partial charge is 0.307 e. The molecule has 1 heterocycles. The maximum atomic E-state index is 11.1. The quantitative estimate of drug-likeness (QED) is 0.379. The average molecular weight is 446 g/mol. The number of allylic oxidation sites excluding steroid dienone is 7. The standard InChI is InChI=1S/C26H39NO5/c27-15-8-2-1-3-9-19-17-22(28)25(32-24-13-7-5-11-21(19)24)14-16-31-23-12-6-4-10-20(23)18-26(29)30/h5,7,10,12-13,19,21-22,25,28H,1-4,6,8-9,11,14-18,27H2,(H,29,30)/t19?,21?,22-,25?/m0/s1. The molecule has 0 aromatic carbocycles. The van der Waals surface area contributed by atoms with Crippen molar-refractivity contribution in [1.82, 2.24) is 0 Å². The molecule has 1 fully saturated rings. The first-order chi connectivity index (χ1) is 15.6. The molecule has 1 saturated heterocycles. The van der Waals surface area contributed by atoms with Gasteiger partial charge < -0.3 is 25.4 Å². The topological polar surface area (TPSA) is 102 Å². The summed E-state index contributed by atoms with van der Waals surface area (Å²) in [5, 5.41) is 20.1. The molecule has 0 bridgehead atoms. The number of aliphatic carboxylic acids is 1. The van der Waals surface area contributed by atoms with E-state index in [9.17, 15) is 9.90 Å². The Morgan fingerprint density at radius 3 is 2.78 bits per heavy atom. The van der Waals surface area contributed by atoms with Gasteiger partial charge in [-0.25, -0.2) is 0 Å². The fourth-order valence-corrected chi connectivity index (χ4v) is 5.00. The van der Waals surface area contributed by atoms with Crippen LogP contribution in [0.1, 0.15) is 70.6 Å². The number of ether oxygens (including phenoxy) is 2. The van der Waals surface area contributed by atoms with Crippen molar-refractivity contribution in [3.63, 3.8) is 0 Å². The number of carboxylic acids is 1. The van der Waals surface area contributed by atoms with Gasteiger partial charge in [-0.3, -0.25) is 4.79 Å². The number of aliphatic hydroxyl groups excluding tert-OH is 1. The van der Waals surface area contributed by atoms with Gasteiger partial charge in [0.1, 0.15) is 17.6 Å². The first-order valence-corrected chi connectivity index (χ1v) is 12.2. The molecule has 178 valence electrons. The van der Waals surface area contributed by atoms with Crippen molar-refractivity contribution in [2.75, 3.05) is 13.2 Å². The molecule has 0 saturated carbocycles. The first kappa shape index (κ1) is 24.6. The van der Waals surface area contributed by atoms with Crippen LogP contribution < -0.4 is 5.73 Å². The van der Waals surface area contributed by atoms with Crippen LogP contribution in [0.25, 0.3) is 0 Å². The molecule has 4 N–H and O–H groups in total. The van der Waals surface area contributed by atoms with Crippen LogP contribution in [0.3, 0.4) is 0 Å². The van der Waals surface area contributed by atoms with Gasteiger partial charge in [-0.1, -0.05) is 37.5 Å². The van der Waals surface area contributed by atoms with Crippen molar-refractivity contribution in [3.8, 4) is 0 Å². The van der Waals surface area contributed by atoms with E-state index in [1.807, 2.05) is 18.2 Å². The molecule has 6 nitrogen and oxygen atoms in total. The summed E-state index contributed by atoms with van der Waals surface area (Å²) in [6.07, 6.45) is 19.0. The summed E-state index contributed by atoms with van der Waals surface area (Å²) in [4.78, 5) is 11.1. The average Bonchev–Trinajstić information content (AvgIpc) is 2.91. The molecule has 1 aliphatic heterocycles. The van der Waals surface area contributed by atoms with Gasteiger partial charge in [-0.05, 0) is 63.1 Å². The number of carboxylic acid groups (broad SMARTS) is 1. The van der Waals surface area contributed by atoms with Crippen LogP contribution >= 0.6 is 0 Å². The van der Waals surface area contributed by atoms with Crippen LogP contribution in [0.5, 0.6) is 0 Å². The number of rotatable bonds is 12. The minimum atomic E-state index is -0.854. The molecule has 3 unspecified atom stereocenters. The van der Waals surface area contributed by atoms with E-state index in [-0.39, 0.29) is 12.5 Å². The van der Waals surface area contributed by atoms with Crippen molar-refractivity contribution >= 4 is 5.97 Å². The number of unbranched alkanes of at least 4 members (excludes halogenated alkanes) is 3. The zero-order valence-electron chi connectivity index (χ0n) is 19.1. The van der Waals surface area contributed by atoms with Crippen LogP contribution in [0.2, 0.25) is 0 Å². The van der Waals surface area contributed by atoms with Gasteiger partial charge in [-0.15, -0.1) is 0 Å². The Balaban J connectivity index is 1.55. The fourth-order valence-electron chi connectivity index (χ4n) is 5.00. The van der Waals surface area contributed by atoms with E-state index in [1.54, 1.807) is 0 Å². The Kier molecular flexibility index (Phi) is 9.88. The minimum Gasteiger partial charge on any atom is -0.493 e. The summed E-state index contributed by atoms with van der Waals surface area (Å²) in [5.74, 6) is 1.55. The van der Waals surface area contributed by atoms with Gasteiger partial charge >= 0.3 is 5.97 Å². The summed E-state index contributed by atoms with van der Waals surface area (Å²) in [7, 11) is 0. The van der Waals surface area contributed by atoms with E-state index >= 15 is 0 Å². The predicted molar refractivity (Wildman–Crippen MR) is 125 cm³/mol. The van der Waals surface area contributed by atoms with Gasteiger partial charge in [0, 0.05) is 17.9 Å². The third-order valence-electron chi connectivity index (χ3n) is 6.72. The maximum absolute atomic E-state index is 11.1. The molecule has 0 amide bonds. The number of nitrogens with two attached hydrogens (primary N) is 1. The Bertz CT molecular complexity index is 738. The molecule has 0 spiro atoms. The van der Waals surface area contributed by atoms with Gasteiger partial charge in [0.2, 0.25) is 0 Å². The number of hydrogen-bond donors (Lipinski definition) is 3. The number of fused-ring (bicyclic) bond motifs is 1. The highest BCUT2D eigenvalue weighted by molar-refractivity contribution is 5.71. The minimum absolute atomic E-state index is 0.0255. The summed E-state index contributed by atoms with van der Waals surface area (Å²) in [5.41, 5.74) is 6.34. The molecule has 0 radical (unpaired) electrons. The molecule has 4 atom stereocenters. The SMILES string of the molecule is NCCCCCCC1C[C@H](O)C(CCOC2=CCCC=C2CC(=O)O)OC2=CC=CCC21. The monoisotopic (exact) mass is 445 g/mol. The third-order valence-corrected chi connectivity index (χ3v) is 6.72. The van der Waals surface area contributed by atoms with E-state index < -0.39 is 12.1 Å². The van der Waals surface area contributed by atoms with E-state index in [0.29, 0.717) is 30.6 Å². The number of aliphatic hydroxyl groups is 1. The summed E-state index contributed by atoms with van der Waals surface area (Å²) in [6, 6.07) is 0. The van der Waals surface area contributed by atoms with Crippen molar-refractivity contribution < 1.29 is 24.5 Å². The molecule has 32 heavy (non-hydrogen) atoms. The van der Waals surface area contributed by atoms with E-state index in [1.165, 1.54) is 12.8 Å². The lowest BCUT2D eigenvalue weighted by Gasteiger charge is -2.27. The van der Waals surface area contributed by atoms with Crippen LogP contribution in [-0.4, -0.2) is 41.5 Å². The van der Waals surface area contributed by atoms with Crippen molar-refractivity contribution in [1.29, 1.82) is 0 Å². The molecular formula is C26H39NO5. The lowest BCUT2D eigenvalue weighted by atomic mass is 9.79. The Hall–Kier alpha value is -2.05. The van der Waals surface area contributed by atoms with Crippen LogP contribution in [0.4, 0.5) is 0 Å². The van der Waals surface area contributed by atoms with Crippen LogP contribution in [-0.2, 0) is 14.3 Å². The molecule has 2 aliphatic carbocycles. The first-order valence-electron chi connectivity index (χ1n) is 12.2. The molecule has 0 aromatic heterocycles. The Labute approximate surface area is 191 Å². The lowest BCUT2D eigenvalue weighted by molar-refractivity contribution is -0.136. The maximum Gasteiger partial charge on any atom is 0.307 e. The summed E-state index contributed by atoms with van der Waals surface area (Å²) in [6.45, 7) is 1.15. The number of carbonyl (C=O) groups is 1. The lowest BCUT2D eigenvalue weighted by Crippen LogP contribution is -2.29. The van der Waals surface area contributed by atoms with Crippen molar-refractivity contribution in [2.24, 2.45) is 17.6 Å². The summed E-state index contributed by atoms with van der Waals surface area (Å²) < 4.78 is 12.3. The molecule has 6 heteroatoms. The second-order valence-electron chi connectivity index (χ2n) is 9.13. The zero-order valence-corrected chi connectivity index (χ0v) is 19.1. The Morgan fingerprint density at radius 1 is 1.16 bits per heavy atom. The summed E-state index contributed by atoms with van der Waals surface area (Å²) >= 11 is 0. The highest BCUT2D eigenvalue weighted by Crippen LogP contribution is 2.40. The molecule has 3 rings (SSSR count). The highest BCUT2D eigenvalue weighted by Gasteiger charge is 2.36. The van der Waals surface area contributed by atoms with Gasteiger partial charge in [0.25, 0.3) is 0 Å². The van der Waals surface area contributed by atoms with Gasteiger partial charge in [-0.2, -0.15) is 0 Å². The molecular weight excluding hydrogens is 406 g/mol. The van der Waals surface area contributed by atoms with Crippen LogP contribution in [0.15, 0.2) is 47.5 Å². The van der Waals surface area contributed by atoms with Gasteiger partial charge in [0.15, 0.2) is 0 Å². The normalized spacial score (nSPS) is 27.4.